The van der Waals surface area contributed by atoms with Gasteiger partial charge in [-0.05, 0) is 38.0 Å². The SMILES string of the molecule is Cc1cc2nc3n(c(=O)c2n1CC(=O)Nc1cc(F)cc(F)c1)CCCCC3. The van der Waals surface area contributed by atoms with Crippen LogP contribution in [-0.2, 0) is 24.3 Å². The second-order valence-electron chi connectivity index (χ2n) is 7.11. The highest BCUT2D eigenvalue weighted by Gasteiger charge is 2.19. The Morgan fingerprint density at radius 1 is 1.14 bits per heavy atom. The standard InChI is InChI=1S/C20H20F2N4O2/c1-12-7-16-19(20(28)25-6-4-2-3-5-17(25)24-16)26(12)11-18(27)23-15-9-13(21)8-14(22)10-15/h7-10H,2-6,11H2,1H3,(H,23,27). The van der Waals surface area contributed by atoms with E-state index in [-0.39, 0.29) is 17.8 Å². The molecule has 0 radical (unpaired) electrons. The van der Waals surface area contributed by atoms with Crippen molar-refractivity contribution in [2.45, 2.75) is 45.7 Å². The van der Waals surface area contributed by atoms with Gasteiger partial charge < -0.3 is 9.88 Å². The molecule has 0 spiro atoms. The monoisotopic (exact) mass is 386 g/mol. The minimum Gasteiger partial charge on any atom is -0.330 e. The lowest BCUT2D eigenvalue weighted by molar-refractivity contribution is -0.116. The average molecular weight is 386 g/mol. The first-order chi connectivity index (χ1) is 13.4. The number of rotatable bonds is 3. The van der Waals surface area contributed by atoms with Crippen molar-refractivity contribution in [2.24, 2.45) is 0 Å². The number of hydrogen-bond acceptors (Lipinski definition) is 3. The molecule has 0 saturated heterocycles. The van der Waals surface area contributed by atoms with E-state index in [0.717, 1.165) is 55.4 Å². The first-order valence-electron chi connectivity index (χ1n) is 9.28. The van der Waals surface area contributed by atoms with Gasteiger partial charge >= 0.3 is 0 Å². The van der Waals surface area contributed by atoms with Gasteiger partial charge in [-0.15, -0.1) is 0 Å². The summed E-state index contributed by atoms with van der Waals surface area (Å²) in [5, 5.41) is 2.48. The van der Waals surface area contributed by atoms with Crippen molar-refractivity contribution >= 4 is 22.6 Å². The molecule has 146 valence electrons. The summed E-state index contributed by atoms with van der Waals surface area (Å²) in [5.74, 6) is -1.25. The maximum Gasteiger partial charge on any atom is 0.278 e. The van der Waals surface area contributed by atoms with Gasteiger partial charge in [-0.3, -0.25) is 14.2 Å². The van der Waals surface area contributed by atoms with E-state index in [2.05, 4.69) is 10.3 Å². The molecule has 1 aliphatic heterocycles. The molecule has 0 atom stereocenters. The third-order valence-corrected chi connectivity index (χ3v) is 5.02. The number of nitrogens with zero attached hydrogens (tertiary/aromatic N) is 3. The maximum atomic E-state index is 13.3. The topological polar surface area (TPSA) is 68.9 Å². The van der Waals surface area contributed by atoms with Crippen LogP contribution in [0.2, 0.25) is 0 Å². The number of anilines is 1. The second kappa shape index (κ2) is 7.18. The summed E-state index contributed by atoms with van der Waals surface area (Å²) in [6.45, 7) is 2.27. The molecule has 1 N–H and O–H groups in total. The summed E-state index contributed by atoms with van der Waals surface area (Å²) in [7, 11) is 0. The highest BCUT2D eigenvalue weighted by Crippen LogP contribution is 2.19. The lowest BCUT2D eigenvalue weighted by Crippen LogP contribution is -2.28. The Bertz CT molecular complexity index is 1110. The van der Waals surface area contributed by atoms with Gasteiger partial charge in [-0.2, -0.15) is 0 Å². The first kappa shape index (κ1) is 18.3. The van der Waals surface area contributed by atoms with Gasteiger partial charge in [0.2, 0.25) is 5.91 Å². The lowest BCUT2D eigenvalue weighted by Gasteiger charge is -2.12. The maximum absolute atomic E-state index is 13.3. The van der Waals surface area contributed by atoms with Gasteiger partial charge in [0.05, 0.1) is 5.52 Å². The van der Waals surface area contributed by atoms with E-state index in [4.69, 9.17) is 0 Å². The third-order valence-electron chi connectivity index (χ3n) is 5.02. The van der Waals surface area contributed by atoms with Crippen LogP contribution in [0.4, 0.5) is 14.5 Å². The highest BCUT2D eigenvalue weighted by molar-refractivity contribution is 5.91. The molecule has 1 aliphatic rings. The minimum atomic E-state index is -0.775. The van der Waals surface area contributed by atoms with Gasteiger partial charge in [0.15, 0.2) is 0 Å². The fourth-order valence-electron chi connectivity index (χ4n) is 3.74. The second-order valence-corrected chi connectivity index (χ2v) is 7.11. The quantitative estimate of drug-likeness (QED) is 0.752. The molecule has 3 aromatic rings. The number of benzene rings is 1. The smallest absolute Gasteiger partial charge is 0.278 e. The molecule has 0 aliphatic carbocycles. The zero-order chi connectivity index (χ0) is 19.8. The third kappa shape index (κ3) is 3.42. The van der Waals surface area contributed by atoms with Crippen LogP contribution in [0.5, 0.6) is 0 Å². The molecular weight excluding hydrogens is 366 g/mol. The highest BCUT2D eigenvalue weighted by atomic mass is 19.1. The molecule has 1 amide bonds. The predicted molar refractivity (Wildman–Crippen MR) is 101 cm³/mol. The number of carbonyl (C=O) groups excluding carboxylic acids is 1. The zero-order valence-electron chi connectivity index (χ0n) is 15.5. The van der Waals surface area contributed by atoms with E-state index >= 15 is 0 Å². The van der Waals surface area contributed by atoms with Crippen molar-refractivity contribution in [1.29, 1.82) is 0 Å². The van der Waals surface area contributed by atoms with Crippen molar-refractivity contribution in [3.63, 3.8) is 0 Å². The van der Waals surface area contributed by atoms with Crippen molar-refractivity contribution in [3.8, 4) is 0 Å². The van der Waals surface area contributed by atoms with Crippen LogP contribution in [0.1, 0.15) is 30.8 Å². The molecule has 0 unspecified atom stereocenters. The zero-order valence-corrected chi connectivity index (χ0v) is 15.5. The Balaban J connectivity index is 1.68. The molecule has 8 heteroatoms. The number of amides is 1. The van der Waals surface area contributed by atoms with Crippen LogP contribution in [-0.4, -0.2) is 20.0 Å². The Morgan fingerprint density at radius 3 is 2.64 bits per heavy atom. The normalized spacial score (nSPS) is 14.0. The number of nitrogens with one attached hydrogen (secondary N) is 1. The van der Waals surface area contributed by atoms with Crippen LogP contribution in [0, 0.1) is 18.6 Å². The van der Waals surface area contributed by atoms with E-state index in [9.17, 15) is 18.4 Å². The molecule has 0 fully saturated rings. The van der Waals surface area contributed by atoms with Crippen LogP contribution < -0.4 is 10.9 Å². The lowest BCUT2D eigenvalue weighted by atomic mass is 10.2. The number of aryl methyl sites for hydroxylation is 2. The molecule has 2 aromatic heterocycles. The van der Waals surface area contributed by atoms with Gasteiger partial charge in [0, 0.05) is 30.4 Å². The fourth-order valence-corrected chi connectivity index (χ4v) is 3.74. The molecule has 1 aromatic carbocycles. The summed E-state index contributed by atoms with van der Waals surface area (Å²) < 4.78 is 30.0. The molecular formula is C20H20F2N4O2. The van der Waals surface area contributed by atoms with Crippen LogP contribution in [0.25, 0.3) is 11.0 Å². The van der Waals surface area contributed by atoms with E-state index in [1.807, 2.05) is 0 Å². The van der Waals surface area contributed by atoms with Crippen molar-refractivity contribution in [1.82, 2.24) is 14.1 Å². The first-order valence-corrected chi connectivity index (χ1v) is 9.28. The number of aromatic nitrogens is 3. The summed E-state index contributed by atoms with van der Waals surface area (Å²) >= 11 is 0. The number of halogens is 2. The molecule has 3 heterocycles. The summed E-state index contributed by atoms with van der Waals surface area (Å²) in [6, 6.07) is 4.60. The van der Waals surface area contributed by atoms with Gasteiger partial charge in [0.25, 0.3) is 5.56 Å². The Hall–Kier alpha value is -3.03. The Labute approximate surface area is 159 Å². The summed E-state index contributed by atoms with van der Waals surface area (Å²) in [4.78, 5) is 30.2. The largest absolute Gasteiger partial charge is 0.330 e. The van der Waals surface area contributed by atoms with E-state index < -0.39 is 17.5 Å². The molecule has 4 rings (SSSR count). The van der Waals surface area contributed by atoms with Gasteiger partial charge in [-0.1, -0.05) is 6.42 Å². The summed E-state index contributed by atoms with van der Waals surface area (Å²) in [6.07, 6.45) is 3.75. The molecule has 0 saturated carbocycles. The van der Waals surface area contributed by atoms with Gasteiger partial charge in [0.1, 0.15) is 29.5 Å². The van der Waals surface area contributed by atoms with E-state index in [1.165, 1.54) is 0 Å². The van der Waals surface area contributed by atoms with Gasteiger partial charge in [-0.25, -0.2) is 13.8 Å². The summed E-state index contributed by atoms with van der Waals surface area (Å²) in [5.41, 5.74) is 1.55. The number of hydrogen-bond donors (Lipinski definition) is 1. The molecule has 6 nitrogen and oxygen atoms in total. The van der Waals surface area contributed by atoms with Crippen LogP contribution in [0.3, 0.4) is 0 Å². The van der Waals surface area contributed by atoms with Crippen LogP contribution in [0.15, 0.2) is 29.1 Å². The number of fused-ring (bicyclic) bond motifs is 2. The minimum absolute atomic E-state index is 0.0281. The molecule has 28 heavy (non-hydrogen) atoms. The predicted octanol–water partition coefficient (Wildman–Crippen LogP) is 3.15. The average Bonchev–Trinajstić information content (AvgIpc) is 2.78. The number of carbonyl (C=O) groups is 1. The van der Waals surface area contributed by atoms with Crippen molar-refractivity contribution < 1.29 is 13.6 Å². The van der Waals surface area contributed by atoms with Crippen molar-refractivity contribution in [2.75, 3.05) is 5.32 Å². The fraction of sp³-hybridized carbons (Fsp3) is 0.350. The van der Waals surface area contributed by atoms with Crippen molar-refractivity contribution in [3.05, 3.63) is 57.8 Å². The van der Waals surface area contributed by atoms with E-state index in [1.54, 1.807) is 22.1 Å². The van der Waals surface area contributed by atoms with E-state index in [0.29, 0.717) is 17.6 Å². The van der Waals surface area contributed by atoms with Crippen LogP contribution >= 0.6 is 0 Å². The Kier molecular flexibility index (Phi) is 4.70. The Morgan fingerprint density at radius 2 is 1.89 bits per heavy atom. The molecule has 0 bridgehead atoms.